The van der Waals surface area contributed by atoms with Crippen LogP contribution in [0.25, 0.3) is 0 Å². The number of likely N-dealkylation sites (tertiary alicyclic amines) is 1. The van der Waals surface area contributed by atoms with E-state index in [0.717, 1.165) is 38.0 Å². The lowest BCUT2D eigenvalue weighted by Crippen LogP contribution is -2.45. The lowest BCUT2D eigenvalue weighted by molar-refractivity contribution is 0.0368. The normalized spacial score (nSPS) is 18.7. The van der Waals surface area contributed by atoms with Crippen LogP contribution in [-0.2, 0) is 0 Å². The molecule has 3 aromatic rings. The molecule has 1 N–H and O–H groups in total. The van der Waals surface area contributed by atoms with Gasteiger partial charge in [-0.2, -0.15) is 0 Å². The fraction of sp³-hybridized carbons (Fsp3) is 0.423. The zero-order chi connectivity index (χ0) is 24.8. The number of ether oxygens (including phenoxy) is 1. The van der Waals surface area contributed by atoms with E-state index in [1.807, 2.05) is 23.1 Å². The summed E-state index contributed by atoms with van der Waals surface area (Å²) in [6.45, 7) is 3.78. The number of piperidine rings is 1. The van der Waals surface area contributed by atoms with E-state index in [4.69, 9.17) is 4.74 Å². The van der Waals surface area contributed by atoms with E-state index in [1.54, 1.807) is 36.4 Å². The van der Waals surface area contributed by atoms with Crippen LogP contribution < -0.4 is 15.0 Å². The maximum Gasteiger partial charge on any atom is 0.265 e. The van der Waals surface area contributed by atoms with Crippen molar-refractivity contribution in [2.45, 2.75) is 25.7 Å². The molecule has 36 heavy (non-hydrogen) atoms. The molecule has 0 aliphatic carbocycles. The molecular formula is C26H30N6O3S. The molecule has 1 saturated heterocycles. The van der Waals surface area contributed by atoms with E-state index >= 15 is 0 Å². The van der Waals surface area contributed by atoms with Gasteiger partial charge in [0.2, 0.25) is 0 Å². The van der Waals surface area contributed by atoms with Gasteiger partial charge in [0.05, 0.1) is 30.1 Å². The Morgan fingerprint density at radius 2 is 1.89 bits per heavy atom. The Hall–Kier alpha value is -3.53. The SMILES string of the molecule is O=C1NCCN(c2cnccn2)CCCC2(CCN(C(=O)c3cncs3)CC2)COc2ccccc21. The van der Waals surface area contributed by atoms with E-state index < -0.39 is 0 Å². The van der Waals surface area contributed by atoms with Crippen LogP contribution >= 0.6 is 11.3 Å². The molecule has 0 unspecified atom stereocenters. The van der Waals surface area contributed by atoms with Crippen molar-refractivity contribution in [3.63, 3.8) is 0 Å². The van der Waals surface area contributed by atoms with Crippen molar-refractivity contribution in [2.75, 3.05) is 44.2 Å². The summed E-state index contributed by atoms with van der Waals surface area (Å²) in [7, 11) is 0. The van der Waals surface area contributed by atoms with Gasteiger partial charge in [0.1, 0.15) is 16.4 Å². The Kier molecular flexibility index (Phi) is 7.41. The average molecular weight is 507 g/mol. The summed E-state index contributed by atoms with van der Waals surface area (Å²) in [6, 6.07) is 7.40. The molecular weight excluding hydrogens is 476 g/mol. The van der Waals surface area contributed by atoms with Gasteiger partial charge in [0, 0.05) is 50.5 Å². The van der Waals surface area contributed by atoms with Crippen LogP contribution in [0.2, 0.25) is 0 Å². The van der Waals surface area contributed by atoms with Crippen LogP contribution in [0.3, 0.4) is 0 Å². The van der Waals surface area contributed by atoms with Crippen LogP contribution in [-0.4, -0.2) is 71.0 Å². The number of nitrogens with zero attached hydrogens (tertiary/aromatic N) is 5. The van der Waals surface area contributed by atoms with E-state index in [-0.39, 0.29) is 17.2 Å². The number of carbonyl (C=O) groups is 2. The van der Waals surface area contributed by atoms with E-state index in [2.05, 4.69) is 25.2 Å². The second-order valence-corrected chi connectivity index (χ2v) is 10.2. The largest absolute Gasteiger partial charge is 0.492 e. The average Bonchev–Trinajstić information content (AvgIpc) is 3.47. The molecule has 9 nitrogen and oxygen atoms in total. The van der Waals surface area contributed by atoms with Crippen molar-refractivity contribution >= 4 is 29.0 Å². The number of nitrogens with one attached hydrogen (secondary N) is 1. The summed E-state index contributed by atoms with van der Waals surface area (Å²) in [4.78, 5) is 43.4. The quantitative estimate of drug-likeness (QED) is 0.569. The molecule has 1 aromatic carbocycles. The topological polar surface area (TPSA) is 101 Å². The number of thiazole rings is 1. The first-order chi connectivity index (χ1) is 17.6. The molecule has 188 valence electrons. The van der Waals surface area contributed by atoms with Gasteiger partial charge in [-0.1, -0.05) is 12.1 Å². The van der Waals surface area contributed by atoms with Gasteiger partial charge >= 0.3 is 0 Å². The van der Waals surface area contributed by atoms with Crippen LogP contribution in [0.5, 0.6) is 5.75 Å². The highest BCUT2D eigenvalue weighted by Crippen LogP contribution is 2.38. The van der Waals surface area contributed by atoms with Crippen molar-refractivity contribution < 1.29 is 14.3 Å². The van der Waals surface area contributed by atoms with E-state index in [0.29, 0.717) is 49.0 Å². The second kappa shape index (κ2) is 11.0. The van der Waals surface area contributed by atoms with Crippen LogP contribution in [0, 0.1) is 5.41 Å². The number of aromatic nitrogens is 3. The van der Waals surface area contributed by atoms with Crippen LogP contribution in [0.1, 0.15) is 45.7 Å². The summed E-state index contributed by atoms with van der Waals surface area (Å²) in [6.07, 6.45) is 10.3. The number of carbonyl (C=O) groups excluding carboxylic acids is 2. The first-order valence-electron chi connectivity index (χ1n) is 12.3. The Morgan fingerprint density at radius 1 is 1.03 bits per heavy atom. The summed E-state index contributed by atoms with van der Waals surface area (Å²) in [5.41, 5.74) is 2.14. The monoisotopic (exact) mass is 506 g/mol. The summed E-state index contributed by atoms with van der Waals surface area (Å²) in [5.74, 6) is 1.30. The number of hydrogen-bond donors (Lipinski definition) is 1. The van der Waals surface area contributed by atoms with Gasteiger partial charge in [0.15, 0.2) is 0 Å². The van der Waals surface area contributed by atoms with Crippen molar-refractivity contribution in [1.82, 2.24) is 25.2 Å². The maximum absolute atomic E-state index is 13.0. The highest BCUT2D eigenvalue weighted by Gasteiger charge is 2.37. The molecule has 0 saturated carbocycles. The third kappa shape index (κ3) is 5.48. The predicted octanol–water partition coefficient (Wildman–Crippen LogP) is 3.26. The zero-order valence-corrected chi connectivity index (χ0v) is 21.0. The van der Waals surface area contributed by atoms with Gasteiger partial charge in [-0.3, -0.25) is 19.6 Å². The highest BCUT2D eigenvalue weighted by atomic mass is 32.1. The Bertz CT molecular complexity index is 1170. The summed E-state index contributed by atoms with van der Waals surface area (Å²) in [5, 5.41) is 3.02. The summed E-state index contributed by atoms with van der Waals surface area (Å²) >= 11 is 1.38. The van der Waals surface area contributed by atoms with Gasteiger partial charge in [-0.25, -0.2) is 4.98 Å². The molecule has 2 aliphatic heterocycles. The Balaban J connectivity index is 1.36. The lowest BCUT2D eigenvalue weighted by atomic mass is 9.75. The van der Waals surface area contributed by atoms with Gasteiger partial charge in [0.25, 0.3) is 11.8 Å². The smallest absolute Gasteiger partial charge is 0.265 e. The third-order valence-corrected chi connectivity index (χ3v) is 7.86. The molecule has 0 bridgehead atoms. The Morgan fingerprint density at radius 3 is 2.67 bits per heavy atom. The fourth-order valence-corrected chi connectivity index (χ4v) is 5.57. The molecule has 4 heterocycles. The minimum atomic E-state index is -0.150. The number of rotatable bonds is 2. The van der Waals surface area contributed by atoms with Crippen molar-refractivity contribution in [2.24, 2.45) is 5.41 Å². The number of benzene rings is 1. The van der Waals surface area contributed by atoms with E-state index in [1.165, 1.54) is 11.3 Å². The molecule has 1 fully saturated rings. The molecule has 0 atom stereocenters. The van der Waals surface area contributed by atoms with Crippen LogP contribution in [0.15, 0.2) is 54.6 Å². The lowest BCUT2D eigenvalue weighted by Gasteiger charge is -2.42. The van der Waals surface area contributed by atoms with Gasteiger partial charge in [-0.05, 0) is 37.8 Å². The molecule has 2 aliphatic rings. The number of fused-ring (bicyclic) bond motifs is 1. The molecule has 0 radical (unpaired) electrons. The fourth-order valence-electron chi connectivity index (χ4n) is 4.98. The molecule has 10 heteroatoms. The number of anilines is 1. The standard InChI is InChI=1S/C26H30N6O3S/c33-24-20-4-1-2-5-21(20)35-18-26(7-13-32(14-8-26)25(34)22-16-28-19-36-22)6-3-12-31(15-11-30-24)23-17-27-9-10-29-23/h1-2,4-5,9-10,16-17,19H,3,6-8,11-15,18H2,(H,30,33). The van der Waals surface area contributed by atoms with Crippen molar-refractivity contribution in [3.8, 4) is 5.75 Å². The molecule has 2 amide bonds. The van der Waals surface area contributed by atoms with Gasteiger partial charge < -0.3 is 19.9 Å². The Labute approximate surface area is 214 Å². The van der Waals surface area contributed by atoms with Gasteiger partial charge in [-0.15, -0.1) is 11.3 Å². The molecule has 2 aromatic heterocycles. The van der Waals surface area contributed by atoms with E-state index in [9.17, 15) is 9.59 Å². The highest BCUT2D eigenvalue weighted by molar-refractivity contribution is 7.11. The predicted molar refractivity (Wildman–Crippen MR) is 137 cm³/mol. The first kappa shape index (κ1) is 24.2. The van der Waals surface area contributed by atoms with Crippen LogP contribution in [0.4, 0.5) is 5.82 Å². The minimum Gasteiger partial charge on any atom is -0.492 e. The summed E-state index contributed by atoms with van der Waals surface area (Å²) < 4.78 is 6.34. The van der Waals surface area contributed by atoms with Crippen molar-refractivity contribution in [1.29, 1.82) is 0 Å². The zero-order valence-electron chi connectivity index (χ0n) is 20.1. The minimum absolute atomic E-state index is 0.0498. The third-order valence-electron chi connectivity index (χ3n) is 7.10. The number of hydrogen-bond acceptors (Lipinski definition) is 8. The second-order valence-electron chi connectivity index (χ2n) is 9.35. The first-order valence-corrected chi connectivity index (χ1v) is 13.2. The number of amides is 2. The number of para-hydroxylation sites is 1. The van der Waals surface area contributed by atoms with Crippen molar-refractivity contribution in [3.05, 3.63) is 65.0 Å². The molecule has 5 rings (SSSR count). The maximum atomic E-state index is 13.0. The molecule has 1 spiro atoms.